The second-order valence-corrected chi connectivity index (χ2v) is 5.94. The van der Waals surface area contributed by atoms with Crippen LogP contribution in [0.5, 0.6) is 0 Å². The third-order valence-corrected chi connectivity index (χ3v) is 4.72. The molecule has 0 aromatic heterocycles. The molecule has 0 bridgehead atoms. The Balaban J connectivity index is 1.56. The average Bonchev–Trinajstić information content (AvgIpc) is 2.87. The smallest absolute Gasteiger partial charge is 0.0279 e. The van der Waals surface area contributed by atoms with Gasteiger partial charge in [-0.3, -0.25) is 0 Å². The minimum absolute atomic E-state index is 1.05. The van der Waals surface area contributed by atoms with Crippen LogP contribution in [0.2, 0.25) is 0 Å². The van der Waals surface area contributed by atoms with Gasteiger partial charge in [-0.1, -0.05) is 82.2 Å². The van der Waals surface area contributed by atoms with Crippen LogP contribution in [0.25, 0.3) is 0 Å². The third-order valence-electron chi connectivity index (χ3n) is 4.72. The molecule has 0 unspecified atom stereocenters. The van der Waals surface area contributed by atoms with Crippen LogP contribution in [0, 0.1) is 11.8 Å². The molecule has 0 spiro atoms. The van der Waals surface area contributed by atoms with Crippen LogP contribution < -0.4 is 0 Å². The van der Waals surface area contributed by atoms with Crippen molar-refractivity contribution in [2.45, 2.75) is 64.7 Å². The first-order valence-corrected chi connectivity index (χ1v) is 7.94. The largest absolute Gasteiger partial charge is 0.0651 e. The molecule has 18 heavy (non-hydrogen) atoms. The van der Waals surface area contributed by atoms with Gasteiger partial charge in [0.25, 0.3) is 0 Å². The van der Waals surface area contributed by atoms with Crippen molar-refractivity contribution >= 4 is 0 Å². The highest BCUT2D eigenvalue weighted by molar-refractivity contribution is 5.14. The Labute approximate surface area is 113 Å². The van der Waals surface area contributed by atoms with Crippen molar-refractivity contribution in [2.75, 3.05) is 0 Å². The fourth-order valence-electron chi connectivity index (χ4n) is 3.59. The summed E-state index contributed by atoms with van der Waals surface area (Å²) in [6, 6.07) is 10.9. The van der Waals surface area contributed by atoms with Gasteiger partial charge in [-0.25, -0.2) is 0 Å². The Bertz CT molecular complexity index is 314. The van der Waals surface area contributed by atoms with E-state index >= 15 is 0 Å². The van der Waals surface area contributed by atoms with Crippen LogP contribution in [0.3, 0.4) is 0 Å². The lowest BCUT2D eigenvalue weighted by Crippen LogP contribution is -2.06. The van der Waals surface area contributed by atoms with E-state index in [0.29, 0.717) is 0 Å². The van der Waals surface area contributed by atoms with Crippen molar-refractivity contribution in [1.82, 2.24) is 0 Å². The van der Waals surface area contributed by atoms with Gasteiger partial charge in [0.2, 0.25) is 0 Å². The topological polar surface area (TPSA) is 0 Å². The minimum Gasteiger partial charge on any atom is -0.0651 e. The van der Waals surface area contributed by atoms with Crippen LogP contribution in [0.15, 0.2) is 30.3 Å². The molecule has 1 aromatic carbocycles. The van der Waals surface area contributed by atoms with Gasteiger partial charge < -0.3 is 0 Å². The van der Waals surface area contributed by atoms with Gasteiger partial charge in [0, 0.05) is 0 Å². The van der Waals surface area contributed by atoms with Crippen LogP contribution in [-0.2, 0) is 6.42 Å². The minimum atomic E-state index is 1.05. The van der Waals surface area contributed by atoms with Gasteiger partial charge in [0.05, 0.1) is 0 Å². The van der Waals surface area contributed by atoms with E-state index in [-0.39, 0.29) is 0 Å². The summed E-state index contributed by atoms with van der Waals surface area (Å²) in [7, 11) is 0. The van der Waals surface area contributed by atoms with Crippen molar-refractivity contribution in [2.24, 2.45) is 11.8 Å². The van der Waals surface area contributed by atoms with Crippen molar-refractivity contribution in [1.29, 1.82) is 0 Å². The lowest BCUT2D eigenvalue weighted by Gasteiger charge is -2.17. The van der Waals surface area contributed by atoms with Crippen molar-refractivity contribution < 1.29 is 0 Å². The Hall–Kier alpha value is -0.780. The van der Waals surface area contributed by atoms with E-state index < -0.39 is 0 Å². The zero-order valence-electron chi connectivity index (χ0n) is 11.9. The monoisotopic (exact) mass is 244 g/mol. The van der Waals surface area contributed by atoms with E-state index in [1.165, 1.54) is 63.4 Å². The molecule has 100 valence electrons. The highest BCUT2D eigenvalue weighted by Gasteiger charge is 2.24. The molecule has 1 aliphatic rings. The van der Waals surface area contributed by atoms with Gasteiger partial charge in [0.15, 0.2) is 0 Å². The summed E-state index contributed by atoms with van der Waals surface area (Å²) in [6.45, 7) is 2.37. The maximum atomic E-state index is 2.37. The second kappa shape index (κ2) is 7.61. The summed E-state index contributed by atoms with van der Waals surface area (Å²) in [4.78, 5) is 0. The quantitative estimate of drug-likeness (QED) is 0.546. The van der Waals surface area contributed by atoms with Crippen molar-refractivity contribution in [3.63, 3.8) is 0 Å². The summed E-state index contributed by atoms with van der Waals surface area (Å²) < 4.78 is 0. The first-order chi connectivity index (χ1) is 8.90. The number of rotatable bonds is 7. The average molecular weight is 244 g/mol. The van der Waals surface area contributed by atoms with Crippen molar-refractivity contribution in [3.8, 4) is 0 Å². The molecule has 0 heteroatoms. The lowest BCUT2D eigenvalue weighted by atomic mass is 9.89. The molecule has 0 radical (unpaired) electrons. The third kappa shape index (κ3) is 4.15. The van der Waals surface area contributed by atoms with E-state index in [4.69, 9.17) is 0 Å². The van der Waals surface area contributed by atoms with Crippen LogP contribution in [0.4, 0.5) is 0 Å². The molecule has 0 aliphatic heterocycles. The highest BCUT2D eigenvalue weighted by atomic mass is 14.3. The van der Waals surface area contributed by atoms with E-state index in [9.17, 15) is 0 Å². The molecule has 0 saturated heterocycles. The zero-order chi connectivity index (χ0) is 12.6. The Kier molecular flexibility index (Phi) is 5.77. The molecule has 0 N–H and O–H groups in total. The van der Waals surface area contributed by atoms with Gasteiger partial charge in [-0.15, -0.1) is 0 Å². The predicted molar refractivity (Wildman–Crippen MR) is 79.7 cm³/mol. The Morgan fingerprint density at radius 2 is 1.72 bits per heavy atom. The molecule has 2 atom stereocenters. The molecule has 1 aromatic rings. The summed E-state index contributed by atoms with van der Waals surface area (Å²) >= 11 is 0. The summed E-state index contributed by atoms with van der Waals surface area (Å²) in [5.41, 5.74) is 1.50. The normalized spacial score (nSPS) is 23.4. The van der Waals surface area contributed by atoms with E-state index in [0.717, 1.165) is 11.8 Å². The number of unbranched alkanes of at least 4 members (excludes halogenated alkanes) is 2. The van der Waals surface area contributed by atoms with E-state index in [2.05, 4.69) is 37.3 Å². The van der Waals surface area contributed by atoms with Crippen LogP contribution in [0.1, 0.15) is 63.9 Å². The SMILES string of the molecule is CC[C@H]1CCC[C@@H]1CCCCCc1ccccc1. The summed E-state index contributed by atoms with van der Waals surface area (Å²) in [6.07, 6.45) is 12.9. The molecule has 0 nitrogen and oxygen atoms in total. The Morgan fingerprint density at radius 3 is 2.50 bits per heavy atom. The van der Waals surface area contributed by atoms with E-state index in [1.807, 2.05) is 0 Å². The van der Waals surface area contributed by atoms with Crippen molar-refractivity contribution in [3.05, 3.63) is 35.9 Å². The zero-order valence-corrected chi connectivity index (χ0v) is 11.9. The molecular weight excluding hydrogens is 216 g/mol. The molecule has 0 heterocycles. The van der Waals surface area contributed by atoms with E-state index in [1.54, 1.807) is 0 Å². The van der Waals surface area contributed by atoms with Crippen LogP contribution in [-0.4, -0.2) is 0 Å². The molecule has 1 fully saturated rings. The number of aryl methyl sites for hydroxylation is 1. The first-order valence-electron chi connectivity index (χ1n) is 7.94. The number of benzene rings is 1. The summed E-state index contributed by atoms with van der Waals surface area (Å²) in [5, 5.41) is 0. The highest BCUT2D eigenvalue weighted by Crippen LogP contribution is 2.37. The lowest BCUT2D eigenvalue weighted by molar-refractivity contribution is 0.343. The fraction of sp³-hybridized carbons (Fsp3) is 0.667. The maximum Gasteiger partial charge on any atom is -0.0279 e. The van der Waals surface area contributed by atoms with Crippen LogP contribution >= 0.6 is 0 Å². The maximum absolute atomic E-state index is 2.37. The molecule has 2 rings (SSSR count). The number of hydrogen-bond acceptors (Lipinski definition) is 0. The molecule has 1 aliphatic carbocycles. The fourth-order valence-corrected chi connectivity index (χ4v) is 3.59. The molecular formula is C18H28. The van der Waals surface area contributed by atoms with Gasteiger partial charge in [-0.2, -0.15) is 0 Å². The molecule has 0 amide bonds. The standard InChI is InChI=1S/C18H28/c1-2-17-14-9-15-18(17)13-8-4-7-12-16-10-5-3-6-11-16/h3,5-6,10-11,17-18H,2,4,7-9,12-15H2,1H3/t17-,18-/m0/s1. The molecule has 1 saturated carbocycles. The van der Waals surface area contributed by atoms with Gasteiger partial charge in [-0.05, 0) is 30.2 Å². The number of hydrogen-bond donors (Lipinski definition) is 0. The second-order valence-electron chi connectivity index (χ2n) is 5.94. The Morgan fingerprint density at radius 1 is 0.944 bits per heavy atom. The predicted octanol–water partition coefficient (Wildman–Crippen LogP) is 5.62. The first kappa shape index (κ1) is 13.6. The van der Waals surface area contributed by atoms with Gasteiger partial charge in [0.1, 0.15) is 0 Å². The van der Waals surface area contributed by atoms with Gasteiger partial charge >= 0.3 is 0 Å². The summed E-state index contributed by atoms with van der Waals surface area (Å²) in [5.74, 6) is 2.12.